The molecule has 0 fully saturated rings. The van der Waals surface area contributed by atoms with E-state index in [1.54, 1.807) is 22.7 Å². The lowest BCUT2D eigenvalue weighted by atomic mass is 10.1. The monoisotopic (exact) mass is 280 g/mol. The molecule has 0 aliphatic rings. The minimum Gasteiger partial charge on any atom is -0.271 e. The van der Waals surface area contributed by atoms with Crippen molar-refractivity contribution in [3.05, 3.63) is 44.3 Å². The Morgan fingerprint density at radius 1 is 1.18 bits per heavy atom. The van der Waals surface area contributed by atoms with Gasteiger partial charge in [0.15, 0.2) is 0 Å². The van der Waals surface area contributed by atoms with Crippen molar-refractivity contribution in [3.8, 4) is 0 Å². The van der Waals surface area contributed by atoms with Gasteiger partial charge in [-0.2, -0.15) is 0 Å². The largest absolute Gasteiger partial charge is 0.271 e. The maximum atomic E-state index is 5.72. The Labute approximate surface area is 112 Å². The summed E-state index contributed by atoms with van der Waals surface area (Å²) < 4.78 is 2.69. The number of aryl methyl sites for hydroxylation is 1. The van der Waals surface area contributed by atoms with Crippen LogP contribution < -0.4 is 11.3 Å². The van der Waals surface area contributed by atoms with Crippen molar-refractivity contribution in [2.45, 2.75) is 13.0 Å². The summed E-state index contributed by atoms with van der Waals surface area (Å²) in [6, 6.07) is 6.68. The normalized spacial score (nSPS) is 13.3. The number of hydrazine groups is 1. The highest BCUT2D eigenvalue weighted by Crippen LogP contribution is 2.37. The molecular formula is C12H12N2S3. The average Bonchev–Trinajstić information content (AvgIpc) is 2.96. The van der Waals surface area contributed by atoms with E-state index in [1.165, 1.54) is 24.7 Å². The second-order valence-electron chi connectivity index (χ2n) is 3.83. The van der Waals surface area contributed by atoms with Crippen molar-refractivity contribution in [2.24, 2.45) is 5.84 Å². The zero-order valence-electron chi connectivity index (χ0n) is 9.27. The van der Waals surface area contributed by atoms with E-state index in [0.717, 1.165) is 0 Å². The first-order valence-corrected chi connectivity index (χ1v) is 7.84. The van der Waals surface area contributed by atoms with Gasteiger partial charge in [0.05, 0.1) is 6.04 Å². The summed E-state index contributed by atoms with van der Waals surface area (Å²) in [7, 11) is 0. The summed E-state index contributed by atoms with van der Waals surface area (Å²) >= 11 is 5.36. The Hall–Kier alpha value is -0.720. The maximum Gasteiger partial charge on any atom is 0.0813 e. The standard InChI is InChI=1S/C12H12N2S3/c1-7-8(2-4-15-7)12(14-13)11-6-10-9(17-11)3-5-16-10/h2-6,12,14H,13H2,1H3. The van der Waals surface area contributed by atoms with Crippen LogP contribution in [0.1, 0.15) is 21.4 Å². The van der Waals surface area contributed by atoms with Gasteiger partial charge >= 0.3 is 0 Å². The maximum absolute atomic E-state index is 5.72. The van der Waals surface area contributed by atoms with Crippen LogP contribution in [0.15, 0.2) is 29.0 Å². The highest BCUT2D eigenvalue weighted by atomic mass is 32.1. The molecule has 5 heteroatoms. The molecule has 0 aromatic carbocycles. The first kappa shape index (κ1) is 11.4. The van der Waals surface area contributed by atoms with Gasteiger partial charge in [-0.1, -0.05) is 0 Å². The summed E-state index contributed by atoms with van der Waals surface area (Å²) in [5, 5.41) is 4.25. The molecule has 3 heterocycles. The Bertz CT molecular complexity index is 606. The van der Waals surface area contributed by atoms with Gasteiger partial charge in [-0.3, -0.25) is 5.84 Å². The third-order valence-corrected chi connectivity index (χ3v) is 5.84. The van der Waals surface area contributed by atoms with E-state index in [9.17, 15) is 0 Å². The van der Waals surface area contributed by atoms with Gasteiger partial charge in [0.1, 0.15) is 0 Å². The fourth-order valence-corrected chi connectivity index (χ4v) is 4.89. The van der Waals surface area contributed by atoms with E-state index in [2.05, 4.69) is 41.3 Å². The molecule has 1 atom stereocenters. The fraction of sp³-hybridized carbons (Fsp3) is 0.167. The molecule has 0 saturated carbocycles. The molecule has 0 aliphatic carbocycles. The van der Waals surface area contributed by atoms with Crippen molar-refractivity contribution >= 4 is 43.4 Å². The number of nitrogens with one attached hydrogen (secondary N) is 1. The van der Waals surface area contributed by atoms with E-state index >= 15 is 0 Å². The molecule has 3 aromatic rings. The average molecular weight is 280 g/mol. The molecule has 0 aliphatic heterocycles. The first-order valence-electron chi connectivity index (χ1n) is 5.26. The van der Waals surface area contributed by atoms with Crippen molar-refractivity contribution in [3.63, 3.8) is 0 Å². The van der Waals surface area contributed by atoms with Crippen LogP contribution in [0, 0.1) is 6.92 Å². The van der Waals surface area contributed by atoms with Crippen LogP contribution in [0.25, 0.3) is 9.40 Å². The number of hydrogen-bond acceptors (Lipinski definition) is 5. The van der Waals surface area contributed by atoms with E-state index < -0.39 is 0 Å². The molecule has 3 rings (SSSR count). The lowest BCUT2D eigenvalue weighted by Crippen LogP contribution is -2.28. The van der Waals surface area contributed by atoms with Crippen LogP contribution in [0.5, 0.6) is 0 Å². The van der Waals surface area contributed by atoms with Crippen molar-refractivity contribution in [1.82, 2.24) is 5.43 Å². The van der Waals surface area contributed by atoms with Gasteiger partial charge in [0, 0.05) is 19.2 Å². The van der Waals surface area contributed by atoms with Gasteiger partial charge in [-0.25, -0.2) is 5.43 Å². The fourth-order valence-electron chi connectivity index (χ4n) is 1.95. The van der Waals surface area contributed by atoms with Crippen LogP contribution in [-0.4, -0.2) is 0 Å². The van der Waals surface area contributed by atoms with E-state index in [4.69, 9.17) is 5.84 Å². The summed E-state index contributed by atoms with van der Waals surface area (Å²) in [4.78, 5) is 2.61. The smallest absolute Gasteiger partial charge is 0.0813 e. The summed E-state index contributed by atoms with van der Waals surface area (Å²) in [6.07, 6.45) is 0. The minimum absolute atomic E-state index is 0.117. The van der Waals surface area contributed by atoms with Gasteiger partial charge in [0.2, 0.25) is 0 Å². The van der Waals surface area contributed by atoms with Crippen molar-refractivity contribution < 1.29 is 0 Å². The number of rotatable bonds is 3. The molecule has 0 spiro atoms. The summed E-state index contributed by atoms with van der Waals surface area (Å²) in [5.41, 5.74) is 4.22. The number of fused-ring (bicyclic) bond motifs is 1. The Morgan fingerprint density at radius 3 is 2.65 bits per heavy atom. The van der Waals surface area contributed by atoms with E-state index in [-0.39, 0.29) is 6.04 Å². The molecule has 0 saturated heterocycles. The topological polar surface area (TPSA) is 38.0 Å². The van der Waals surface area contributed by atoms with E-state index in [1.807, 2.05) is 11.3 Å². The first-order chi connectivity index (χ1) is 8.29. The second-order valence-corrected chi connectivity index (χ2v) is 7.01. The minimum atomic E-state index is 0.117. The zero-order chi connectivity index (χ0) is 11.8. The lowest BCUT2D eigenvalue weighted by Gasteiger charge is -2.13. The van der Waals surface area contributed by atoms with Gasteiger partial charge in [-0.05, 0) is 41.4 Å². The van der Waals surface area contributed by atoms with Crippen LogP contribution in [0.2, 0.25) is 0 Å². The molecule has 3 aromatic heterocycles. The Morgan fingerprint density at radius 2 is 2.00 bits per heavy atom. The van der Waals surface area contributed by atoms with Crippen molar-refractivity contribution in [2.75, 3.05) is 0 Å². The zero-order valence-corrected chi connectivity index (χ0v) is 11.7. The SMILES string of the molecule is Cc1sccc1C(NN)c1cc2sccc2s1. The van der Waals surface area contributed by atoms with Crippen LogP contribution in [-0.2, 0) is 0 Å². The predicted octanol–water partition coefficient (Wildman–Crippen LogP) is 3.89. The van der Waals surface area contributed by atoms with Crippen LogP contribution >= 0.6 is 34.0 Å². The second kappa shape index (κ2) is 4.51. The molecule has 2 nitrogen and oxygen atoms in total. The Kier molecular flexibility index (Phi) is 3.02. The lowest BCUT2D eigenvalue weighted by molar-refractivity contribution is 0.646. The van der Waals surface area contributed by atoms with Crippen LogP contribution in [0.3, 0.4) is 0 Å². The molecule has 0 radical (unpaired) electrons. The molecule has 3 N–H and O–H groups in total. The summed E-state index contributed by atoms with van der Waals surface area (Å²) in [6.45, 7) is 2.14. The number of hydrogen-bond donors (Lipinski definition) is 2. The highest BCUT2D eigenvalue weighted by Gasteiger charge is 2.18. The van der Waals surface area contributed by atoms with Crippen LogP contribution in [0.4, 0.5) is 0 Å². The van der Waals surface area contributed by atoms with E-state index in [0.29, 0.717) is 0 Å². The number of nitrogens with two attached hydrogens (primary N) is 1. The van der Waals surface area contributed by atoms with Gasteiger partial charge < -0.3 is 0 Å². The molecular weight excluding hydrogens is 268 g/mol. The molecule has 1 unspecified atom stereocenters. The highest BCUT2D eigenvalue weighted by molar-refractivity contribution is 7.27. The molecule has 88 valence electrons. The predicted molar refractivity (Wildman–Crippen MR) is 77.9 cm³/mol. The quantitative estimate of drug-likeness (QED) is 0.564. The molecule has 0 amide bonds. The third kappa shape index (κ3) is 1.94. The number of thiophene rings is 3. The van der Waals surface area contributed by atoms with Crippen molar-refractivity contribution in [1.29, 1.82) is 0 Å². The summed E-state index contributed by atoms with van der Waals surface area (Å²) in [5.74, 6) is 5.72. The van der Waals surface area contributed by atoms with Gasteiger partial charge in [0.25, 0.3) is 0 Å². The third-order valence-electron chi connectivity index (χ3n) is 2.82. The molecule has 17 heavy (non-hydrogen) atoms. The van der Waals surface area contributed by atoms with Gasteiger partial charge in [-0.15, -0.1) is 34.0 Å². The Balaban J connectivity index is 2.06. The molecule has 0 bridgehead atoms.